The van der Waals surface area contributed by atoms with E-state index in [1.807, 2.05) is 0 Å². The average Bonchev–Trinajstić information content (AvgIpc) is 2.11. The van der Waals surface area contributed by atoms with Gasteiger partial charge in [-0.05, 0) is 20.8 Å². The fraction of sp³-hybridized carbons (Fsp3) is 0.857. The molecular weight excluding hydrogens is 128 g/mol. The highest BCUT2D eigenvalue weighted by atomic mass is 16.2. The summed E-state index contributed by atoms with van der Waals surface area (Å²) in [5, 5.41) is 2.76. The lowest BCUT2D eigenvalue weighted by molar-refractivity contribution is -0.118. The fourth-order valence-electron chi connectivity index (χ4n) is 0.943. The van der Waals surface area contributed by atoms with Crippen LogP contribution in [0.15, 0.2) is 0 Å². The minimum Gasteiger partial charge on any atom is -0.342 e. The number of carbonyl (C=O) groups is 1. The van der Waals surface area contributed by atoms with Crippen LogP contribution in [0.25, 0.3) is 0 Å². The topological polar surface area (TPSA) is 32.3 Å². The van der Waals surface area contributed by atoms with Crippen molar-refractivity contribution < 1.29 is 4.79 Å². The van der Waals surface area contributed by atoms with Crippen LogP contribution >= 0.6 is 0 Å². The zero-order valence-electron chi connectivity index (χ0n) is 6.77. The normalized spacial score (nSPS) is 21.3. The Morgan fingerprint density at radius 3 is 2.30 bits per heavy atom. The summed E-state index contributed by atoms with van der Waals surface area (Å²) in [6.45, 7) is 7.56. The summed E-state index contributed by atoms with van der Waals surface area (Å²) in [5.74, 6) is 0.134. The van der Waals surface area contributed by atoms with Crippen molar-refractivity contribution in [1.29, 1.82) is 0 Å². The predicted molar refractivity (Wildman–Crippen MR) is 39.5 cm³/mol. The van der Waals surface area contributed by atoms with E-state index >= 15 is 0 Å². The van der Waals surface area contributed by atoms with Gasteiger partial charge in [-0.3, -0.25) is 9.69 Å². The van der Waals surface area contributed by atoms with E-state index < -0.39 is 0 Å². The Morgan fingerprint density at radius 1 is 1.50 bits per heavy atom. The van der Waals surface area contributed by atoms with E-state index in [4.69, 9.17) is 0 Å². The standard InChI is InChI=1S/C7H14N2O/c1-7(2,3)9-4-6(10)8-5-9/h4-5H2,1-3H3,(H,8,10). The Morgan fingerprint density at radius 2 is 2.10 bits per heavy atom. The third kappa shape index (κ3) is 1.48. The first-order valence-corrected chi connectivity index (χ1v) is 3.52. The molecule has 0 atom stereocenters. The van der Waals surface area contributed by atoms with Crippen LogP contribution in [0.3, 0.4) is 0 Å². The number of nitrogens with zero attached hydrogens (tertiary/aromatic N) is 1. The van der Waals surface area contributed by atoms with E-state index in [2.05, 4.69) is 31.0 Å². The summed E-state index contributed by atoms with van der Waals surface area (Å²) < 4.78 is 0. The molecule has 1 N–H and O–H groups in total. The van der Waals surface area contributed by atoms with Crippen LogP contribution < -0.4 is 5.32 Å². The summed E-state index contributed by atoms with van der Waals surface area (Å²) in [5.41, 5.74) is 0.110. The first-order valence-electron chi connectivity index (χ1n) is 3.52. The van der Waals surface area contributed by atoms with Gasteiger partial charge in [0, 0.05) is 5.54 Å². The molecule has 1 aliphatic heterocycles. The van der Waals surface area contributed by atoms with Crippen LogP contribution in [-0.2, 0) is 4.79 Å². The van der Waals surface area contributed by atoms with Crippen LogP contribution in [0.1, 0.15) is 20.8 Å². The maximum absolute atomic E-state index is 10.7. The van der Waals surface area contributed by atoms with Gasteiger partial charge in [-0.15, -0.1) is 0 Å². The zero-order valence-corrected chi connectivity index (χ0v) is 6.77. The van der Waals surface area contributed by atoms with Crippen molar-refractivity contribution in [3.8, 4) is 0 Å². The van der Waals surface area contributed by atoms with Crippen molar-refractivity contribution in [1.82, 2.24) is 10.2 Å². The quantitative estimate of drug-likeness (QED) is 0.523. The highest BCUT2D eigenvalue weighted by Gasteiger charge is 2.27. The second-order valence-electron chi connectivity index (χ2n) is 3.63. The van der Waals surface area contributed by atoms with Crippen LogP contribution in [0.2, 0.25) is 0 Å². The van der Waals surface area contributed by atoms with Crippen molar-refractivity contribution in [3.63, 3.8) is 0 Å². The number of hydrogen-bond acceptors (Lipinski definition) is 2. The molecule has 0 aromatic carbocycles. The molecule has 0 bridgehead atoms. The van der Waals surface area contributed by atoms with Crippen LogP contribution in [-0.4, -0.2) is 29.6 Å². The summed E-state index contributed by atoms with van der Waals surface area (Å²) in [6.07, 6.45) is 0. The first kappa shape index (κ1) is 7.54. The monoisotopic (exact) mass is 142 g/mol. The van der Waals surface area contributed by atoms with Crippen LogP contribution in [0.5, 0.6) is 0 Å². The highest BCUT2D eigenvalue weighted by Crippen LogP contribution is 2.13. The molecule has 58 valence electrons. The smallest absolute Gasteiger partial charge is 0.235 e. The summed E-state index contributed by atoms with van der Waals surface area (Å²) >= 11 is 0. The van der Waals surface area contributed by atoms with Gasteiger partial charge in [-0.25, -0.2) is 0 Å². The van der Waals surface area contributed by atoms with Gasteiger partial charge in [0.05, 0.1) is 13.2 Å². The Kier molecular flexibility index (Phi) is 1.68. The molecule has 1 heterocycles. The van der Waals surface area contributed by atoms with Crippen LogP contribution in [0.4, 0.5) is 0 Å². The molecular formula is C7H14N2O. The zero-order chi connectivity index (χ0) is 7.78. The molecule has 0 unspecified atom stereocenters. The van der Waals surface area contributed by atoms with E-state index in [9.17, 15) is 4.79 Å². The van der Waals surface area contributed by atoms with Gasteiger partial charge in [-0.1, -0.05) is 0 Å². The maximum Gasteiger partial charge on any atom is 0.235 e. The molecule has 0 spiro atoms. The minimum absolute atomic E-state index is 0.110. The van der Waals surface area contributed by atoms with Crippen molar-refractivity contribution >= 4 is 5.91 Å². The summed E-state index contributed by atoms with van der Waals surface area (Å²) in [4.78, 5) is 12.9. The van der Waals surface area contributed by atoms with Crippen LogP contribution in [0, 0.1) is 0 Å². The van der Waals surface area contributed by atoms with E-state index in [0.29, 0.717) is 13.2 Å². The van der Waals surface area contributed by atoms with Gasteiger partial charge in [0.25, 0.3) is 0 Å². The molecule has 1 saturated heterocycles. The molecule has 1 fully saturated rings. The number of hydrogen-bond donors (Lipinski definition) is 1. The highest BCUT2D eigenvalue weighted by molar-refractivity contribution is 5.79. The second-order valence-corrected chi connectivity index (χ2v) is 3.63. The van der Waals surface area contributed by atoms with Gasteiger partial charge in [0.15, 0.2) is 0 Å². The lowest BCUT2D eigenvalue weighted by Crippen LogP contribution is -2.40. The minimum atomic E-state index is 0.110. The average molecular weight is 142 g/mol. The molecule has 1 rings (SSSR count). The van der Waals surface area contributed by atoms with Gasteiger partial charge in [-0.2, -0.15) is 0 Å². The molecule has 3 heteroatoms. The molecule has 1 aliphatic rings. The fourth-order valence-corrected chi connectivity index (χ4v) is 0.943. The number of rotatable bonds is 0. The Bertz CT molecular complexity index is 148. The van der Waals surface area contributed by atoms with Crippen molar-refractivity contribution in [2.24, 2.45) is 0 Å². The van der Waals surface area contributed by atoms with Gasteiger partial charge < -0.3 is 5.32 Å². The lowest BCUT2D eigenvalue weighted by atomic mass is 10.1. The van der Waals surface area contributed by atoms with Crippen molar-refractivity contribution in [2.45, 2.75) is 26.3 Å². The second kappa shape index (κ2) is 2.23. The van der Waals surface area contributed by atoms with E-state index in [0.717, 1.165) is 0 Å². The maximum atomic E-state index is 10.7. The van der Waals surface area contributed by atoms with Crippen molar-refractivity contribution in [3.05, 3.63) is 0 Å². The Hall–Kier alpha value is -0.570. The summed E-state index contributed by atoms with van der Waals surface area (Å²) in [6, 6.07) is 0. The molecule has 3 nitrogen and oxygen atoms in total. The number of carbonyl (C=O) groups excluding carboxylic acids is 1. The third-order valence-corrected chi connectivity index (χ3v) is 1.75. The van der Waals surface area contributed by atoms with Gasteiger partial charge >= 0.3 is 0 Å². The predicted octanol–water partition coefficient (Wildman–Crippen LogP) is 0.174. The van der Waals surface area contributed by atoms with E-state index in [1.165, 1.54) is 0 Å². The molecule has 0 saturated carbocycles. The largest absolute Gasteiger partial charge is 0.342 e. The molecule has 0 aromatic heterocycles. The summed E-state index contributed by atoms with van der Waals surface area (Å²) in [7, 11) is 0. The van der Waals surface area contributed by atoms with Crippen molar-refractivity contribution in [2.75, 3.05) is 13.2 Å². The number of nitrogens with one attached hydrogen (secondary N) is 1. The van der Waals surface area contributed by atoms with Gasteiger partial charge in [0.2, 0.25) is 5.91 Å². The Balaban J connectivity index is 2.53. The lowest BCUT2D eigenvalue weighted by Gasteiger charge is -2.29. The van der Waals surface area contributed by atoms with E-state index in [1.54, 1.807) is 0 Å². The molecule has 0 aromatic rings. The molecule has 0 radical (unpaired) electrons. The third-order valence-electron chi connectivity index (χ3n) is 1.75. The first-order chi connectivity index (χ1) is 4.50. The molecule has 1 amide bonds. The number of amides is 1. The molecule has 10 heavy (non-hydrogen) atoms. The molecule has 0 aliphatic carbocycles. The SMILES string of the molecule is CC(C)(C)N1CNC(=O)C1. The van der Waals surface area contributed by atoms with E-state index in [-0.39, 0.29) is 11.4 Å². The Labute approximate surface area is 61.4 Å². The van der Waals surface area contributed by atoms with Gasteiger partial charge in [0.1, 0.15) is 0 Å².